The maximum atomic E-state index is 7.06. The molecule has 0 bridgehead atoms. The van der Waals surface area contributed by atoms with E-state index in [-0.39, 0.29) is 0 Å². The maximum Gasteiger partial charge on any atom is 0.126 e. The predicted octanol–water partition coefficient (Wildman–Crippen LogP) is 35.1. The van der Waals surface area contributed by atoms with Crippen molar-refractivity contribution in [1.82, 2.24) is 0 Å². The fourth-order valence-corrected chi connectivity index (χ4v) is 16.1. The summed E-state index contributed by atoms with van der Waals surface area (Å²) in [7, 11) is 0. The van der Waals surface area contributed by atoms with Gasteiger partial charge in [-0.3, -0.25) is 0 Å². The number of benzene rings is 3. The third kappa shape index (κ3) is 54.9. The molecule has 4 nitrogen and oxygen atoms in total. The molecule has 0 N–H and O–H groups in total. The molecule has 3 aromatic rings. The SMILES string of the molecule is CCCCCCCCCCC(CCCCCCCC)COc1ccc(OCC(CCCCCCCC)CCCCCCCCCC)c(/C=C/c2ccc(/C=C/c3cc(OCC(CCCCCCCC)CCCCCCCCCC)ccc3OCC(CCCCCCCC)CCCCCCCCCC)cc2)c1. The molecule has 0 aliphatic carbocycles. The van der Waals surface area contributed by atoms with Crippen molar-refractivity contribution >= 4 is 24.3 Å². The Kier molecular flexibility index (Phi) is 66.4. The molecule has 4 atom stereocenters. The van der Waals surface area contributed by atoms with Crippen LogP contribution in [-0.4, -0.2) is 26.4 Å². The number of ether oxygens (including phenoxy) is 4. The van der Waals surface area contributed by atoms with E-state index in [4.69, 9.17) is 18.9 Å². The lowest BCUT2D eigenvalue weighted by atomic mass is 9.94. The number of rotatable bonds is 80. The van der Waals surface area contributed by atoms with Crippen molar-refractivity contribution in [2.45, 2.75) is 466 Å². The maximum absolute atomic E-state index is 7.06. The first kappa shape index (κ1) is 96.5. The molecule has 3 rings (SSSR count). The van der Waals surface area contributed by atoms with E-state index < -0.39 is 0 Å². The monoisotopic (exact) mass is 1470 g/mol. The minimum Gasteiger partial charge on any atom is -0.493 e. The van der Waals surface area contributed by atoms with Gasteiger partial charge in [0.2, 0.25) is 0 Å². The summed E-state index contributed by atoms with van der Waals surface area (Å²) in [6.45, 7) is 21.8. The van der Waals surface area contributed by atoms with Crippen LogP contribution in [0.25, 0.3) is 24.3 Å². The first-order valence-corrected chi connectivity index (χ1v) is 47.6. The summed E-state index contributed by atoms with van der Waals surface area (Å²) in [5.74, 6) is 6.26. The minimum atomic E-state index is 0.578. The fraction of sp³-hybridized carbons (Fsp3) is 0.784. The second kappa shape index (κ2) is 72.9. The summed E-state index contributed by atoms with van der Waals surface area (Å²) in [5.41, 5.74) is 4.60. The van der Waals surface area contributed by atoms with E-state index in [9.17, 15) is 0 Å². The molecule has 0 aliphatic heterocycles. The second-order valence-corrected chi connectivity index (χ2v) is 33.7. The topological polar surface area (TPSA) is 36.9 Å². The van der Waals surface area contributed by atoms with Crippen LogP contribution in [0.1, 0.15) is 489 Å². The van der Waals surface area contributed by atoms with E-state index in [1.807, 2.05) is 0 Å². The Morgan fingerprint density at radius 1 is 0.198 bits per heavy atom. The highest BCUT2D eigenvalue weighted by Crippen LogP contribution is 2.34. The fourth-order valence-electron chi connectivity index (χ4n) is 16.1. The van der Waals surface area contributed by atoms with Gasteiger partial charge in [0.25, 0.3) is 0 Å². The molecule has 0 aliphatic rings. The van der Waals surface area contributed by atoms with Crippen molar-refractivity contribution in [1.29, 1.82) is 0 Å². The van der Waals surface area contributed by atoms with Crippen LogP contribution in [0.15, 0.2) is 60.7 Å². The van der Waals surface area contributed by atoms with Crippen LogP contribution in [0.3, 0.4) is 0 Å². The Labute approximate surface area is 661 Å². The summed E-state index contributed by atoms with van der Waals surface area (Å²) in [6.07, 6.45) is 95.4. The zero-order valence-corrected chi connectivity index (χ0v) is 72.1. The van der Waals surface area contributed by atoms with Crippen LogP contribution < -0.4 is 18.9 Å². The van der Waals surface area contributed by atoms with E-state index >= 15 is 0 Å². The van der Waals surface area contributed by atoms with E-state index in [1.165, 1.54) is 422 Å². The largest absolute Gasteiger partial charge is 0.493 e. The van der Waals surface area contributed by atoms with Crippen molar-refractivity contribution in [3.8, 4) is 23.0 Å². The third-order valence-electron chi connectivity index (χ3n) is 23.5. The van der Waals surface area contributed by atoms with Crippen LogP contribution in [0.5, 0.6) is 23.0 Å². The predicted molar refractivity (Wildman–Crippen MR) is 474 cm³/mol. The lowest BCUT2D eigenvalue weighted by Gasteiger charge is -2.20. The van der Waals surface area contributed by atoms with Crippen molar-refractivity contribution in [3.63, 3.8) is 0 Å². The van der Waals surface area contributed by atoms with Gasteiger partial charge in [-0.05, 0) is 123 Å². The van der Waals surface area contributed by atoms with Crippen LogP contribution >= 0.6 is 0 Å². The Bertz CT molecular complexity index is 2220. The van der Waals surface area contributed by atoms with Crippen molar-refractivity contribution in [2.75, 3.05) is 26.4 Å². The summed E-state index contributed by atoms with van der Waals surface area (Å²) in [5, 5.41) is 0. The first-order chi connectivity index (χ1) is 52.4. The highest BCUT2D eigenvalue weighted by Gasteiger charge is 2.18. The molecule has 4 unspecified atom stereocenters. The molecule has 0 spiro atoms. The Balaban J connectivity index is 1.99. The van der Waals surface area contributed by atoms with Gasteiger partial charge in [-0.15, -0.1) is 0 Å². The van der Waals surface area contributed by atoms with Gasteiger partial charge in [-0.25, -0.2) is 0 Å². The average Bonchev–Trinajstić information content (AvgIpc) is 0.852. The number of unbranched alkanes of at least 4 members (excludes halogenated alkanes) is 48. The third-order valence-corrected chi connectivity index (χ3v) is 23.5. The Morgan fingerprint density at radius 3 is 0.575 bits per heavy atom. The molecule has 0 radical (unpaired) electrons. The molecule has 3 aromatic carbocycles. The molecule has 0 heterocycles. The molecule has 0 fully saturated rings. The van der Waals surface area contributed by atoms with Gasteiger partial charge in [-0.2, -0.15) is 0 Å². The zero-order valence-electron chi connectivity index (χ0n) is 72.1. The Morgan fingerprint density at radius 2 is 0.377 bits per heavy atom. The van der Waals surface area contributed by atoms with Gasteiger partial charge in [0.1, 0.15) is 23.0 Å². The average molecular weight is 1470 g/mol. The smallest absolute Gasteiger partial charge is 0.126 e. The summed E-state index contributed by atoms with van der Waals surface area (Å²) in [6, 6.07) is 22.7. The molecule has 610 valence electrons. The summed E-state index contributed by atoms with van der Waals surface area (Å²) >= 11 is 0. The van der Waals surface area contributed by atoms with Gasteiger partial charge < -0.3 is 18.9 Å². The van der Waals surface area contributed by atoms with Crippen molar-refractivity contribution in [2.24, 2.45) is 23.7 Å². The molecule has 0 amide bonds. The van der Waals surface area contributed by atoms with E-state index in [2.05, 4.69) is 140 Å². The van der Waals surface area contributed by atoms with E-state index in [1.54, 1.807) is 0 Å². The van der Waals surface area contributed by atoms with Crippen LogP contribution in [0.2, 0.25) is 0 Å². The summed E-state index contributed by atoms with van der Waals surface area (Å²) < 4.78 is 28.0. The molecule has 0 aromatic heterocycles. The van der Waals surface area contributed by atoms with Gasteiger partial charge >= 0.3 is 0 Å². The second-order valence-electron chi connectivity index (χ2n) is 33.7. The van der Waals surface area contributed by atoms with Crippen LogP contribution in [0, 0.1) is 23.7 Å². The quantitative estimate of drug-likeness (QED) is 0.0417. The lowest BCUT2D eigenvalue weighted by molar-refractivity contribution is 0.218. The standard InChI is InChI=1S/C102H178O4/c1-9-17-25-33-41-45-53-61-67-93(65-57-49-37-29-21-13-5)87-103-99-81-83-101(105-89-95(69-59-51-39-31-23-15-7)71-63-55-47-43-35-27-19-11-3)97(85-99)79-77-91-73-75-92(76-74-91)78-80-98-86-100(104-88-94(66-58-50-38-30-22-14-6)68-62-54-46-42-34-26-18-10-2)82-84-102(98)106-90-96(70-60-52-40-32-24-16-8)72-64-56-48-44-36-28-20-12-4/h73-86,93-96H,9-72,87-90H2,1-8H3/b79-77+,80-78+. The molecule has 4 heteroatoms. The number of hydrogen-bond acceptors (Lipinski definition) is 4. The van der Waals surface area contributed by atoms with Crippen LogP contribution in [0.4, 0.5) is 0 Å². The van der Waals surface area contributed by atoms with Crippen LogP contribution in [-0.2, 0) is 0 Å². The Hall–Kier alpha value is -3.66. The van der Waals surface area contributed by atoms with Gasteiger partial charge in [0.05, 0.1) is 26.4 Å². The summed E-state index contributed by atoms with van der Waals surface area (Å²) in [4.78, 5) is 0. The molecule has 0 saturated heterocycles. The van der Waals surface area contributed by atoms with E-state index in [0.717, 1.165) is 60.6 Å². The molecular weight excluding hydrogens is 1290 g/mol. The molecule has 0 saturated carbocycles. The van der Waals surface area contributed by atoms with Gasteiger partial charge in [0, 0.05) is 11.1 Å². The molecular formula is C102H178O4. The van der Waals surface area contributed by atoms with Crippen molar-refractivity contribution < 1.29 is 18.9 Å². The number of hydrogen-bond donors (Lipinski definition) is 0. The molecule has 106 heavy (non-hydrogen) atoms. The highest BCUT2D eigenvalue weighted by molar-refractivity contribution is 5.76. The van der Waals surface area contributed by atoms with Crippen molar-refractivity contribution in [3.05, 3.63) is 82.9 Å². The first-order valence-electron chi connectivity index (χ1n) is 47.6. The van der Waals surface area contributed by atoms with E-state index in [0.29, 0.717) is 23.7 Å². The lowest BCUT2D eigenvalue weighted by Crippen LogP contribution is -2.14. The normalized spacial score (nSPS) is 13.0. The van der Waals surface area contributed by atoms with Gasteiger partial charge in [0.15, 0.2) is 0 Å². The van der Waals surface area contributed by atoms with Gasteiger partial charge in [-0.1, -0.05) is 464 Å². The minimum absolute atomic E-state index is 0.578. The zero-order chi connectivity index (χ0) is 75.7. The highest BCUT2D eigenvalue weighted by atomic mass is 16.5.